The van der Waals surface area contributed by atoms with Crippen molar-refractivity contribution in [3.63, 3.8) is 0 Å². The molecule has 0 aromatic heterocycles. The van der Waals surface area contributed by atoms with Gasteiger partial charge < -0.3 is 10.2 Å². The normalized spacial score (nSPS) is 20.4. The van der Waals surface area contributed by atoms with E-state index in [9.17, 15) is 0 Å². The lowest BCUT2D eigenvalue weighted by atomic mass is 9.79. The number of rotatable bonds is 5. The number of anilines is 1. The van der Waals surface area contributed by atoms with Crippen LogP contribution in [-0.4, -0.2) is 18.1 Å². The fourth-order valence-corrected chi connectivity index (χ4v) is 4.25. The van der Waals surface area contributed by atoms with Gasteiger partial charge in [0, 0.05) is 28.8 Å². The van der Waals surface area contributed by atoms with E-state index in [-0.39, 0.29) is 5.54 Å². The van der Waals surface area contributed by atoms with E-state index in [1.807, 2.05) is 0 Å². The van der Waals surface area contributed by atoms with Crippen molar-refractivity contribution in [3.05, 3.63) is 28.3 Å². The Balaban J connectivity index is 2.42. The summed E-state index contributed by atoms with van der Waals surface area (Å²) in [5.41, 5.74) is 4.17. The van der Waals surface area contributed by atoms with Crippen LogP contribution in [0.1, 0.15) is 71.4 Å². The molecule has 1 aromatic rings. The van der Waals surface area contributed by atoms with Gasteiger partial charge in [0.2, 0.25) is 0 Å². The molecule has 0 radical (unpaired) electrons. The summed E-state index contributed by atoms with van der Waals surface area (Å²) in [4.78, 5) is 2.54. The molecular formula is C19H31ClN2. The number of fused-ring (bicyclic) bond motifs is 1. The van der Waals surface area contributed by atoms with Crippen molar-refractivity contribution in [3.8, 4) is 0 Å². The van der Waals surface area contributed by atoms with Gasteiger partial charge in [-0.05, 0) is 70.2 Å². The lowest BCUT2D eigenvalue weighted by Gasteiger charge is -2.50. The fraction of sp³-hybridized carbons (Fsp3) is 0.684. The summed E-state index contributed by atoms with van der Waals surface area (Å²) in [6.45, 7) is 15.7. The number of nitrogens with one attached hydrogen (secondary N) is 1. The highest BCUT2D eigenvalue weighted by Crippen LogP contribution is 2.46. The van der Waals surface area contributed by atoms with Crippen LogP contribution in [0, 0.1) is 0 Å². The molecule has 2 nitrogen and oxygen atoms in total. The molecular weight excluding hydrogens is 292 g/mol. The SMILES string of the molecule is CCCNCc1cc2c(cc1Cl)N(C(C)C)C(C)(C)C[C@@H]2C. The van der Waals surface area contributed by atoms with Crippen LogP contribution in [0.2, 0.25) is 5.02 Å². The maximum absolute atomic E-state index is 6.58. The van der Waals surface area contributed by atoms with Crippen LogP contribution in [0.3, 0.4) is 0 Å². The van der Waals surface area contributed by atoms with Crippen molar-refractivity contribution >= 4 is 17.3 Å². The van der Waals surface area contributed by atoms with Crippen LogP contribution in [0.5, 0.6) is 0 Å². The van der Waals surface area contributed by atoms with Gasteiger partial charge in [-0.3, -0.25) is 0 Å². The molecule has 0 bridgehead atoms. The van der Waals surface area contributed by atoms with Crippen molar-refractivity contribution in [2.75, 3.05) is 11.4 Å². The van der Waals surface area contributed by atoms with E-state index in [2.05, 4.69) is 63.9 Å². The third-order valence-electron chi connectivity index (χ3n) is 4.70. The summed E-state index contributed by atoms with van der Waals surface area (Å²) >= 11 is 6.58. The third-order valence-corrected chi connectivity index (χ3v) is 5.05. The molecule has 1 aliphatic rings. The Morgan fingerprint density at radius 2 is 2.05 bits per heavy atom. The maximum atomic E-state index is 6.58. The van der Waals surface area contributed by atoms with Crippen molar-refractivity contribution in [1.29, 1.82) is 0 Å². The van der Waals surface area contributed by atoms with E-state index in [4.69, 9.17) is 11.6 Å². The molecule has 0 saturated heterocycles. The zero-order valence-electron chi connectivity index (χ0n) is 15.0. The summed E-state index contributed by atoms with van der Waals surface area (Å²) in [7, 11) is 0. The number of hydrogen-bond donors (Lipinski definition) is 1. The monoisotopic (exact) mass is 322 g/mol. The Bertz CT molecular complexity index is 522. The average molecular weight is 323 g/mol. The van der Waals surface area contributed by atoms with E-state index in [1.165, 1.54) is 23.2 Å². The Hall–Kier alpha value is -0.730. The molecule has 1 aliphatic heterocycles. The van der Waals surface area contributed by atoms with Crippen LogP contribution in [0.4, 0.5) is 5.69 Å². The van der Waals surface area contributed by atoms with Gasteiger partial charge in [-0.25, -0.2) is 0 Å². The molecule has 1 N–H and O–H groups in total. The standard InChI is InChI=1S/C19H31ClN2/c1-7-8-21-12-15-9-16-14(4)11-19(5,6)22(13(2)3)18(16)10-17(15)20/h9-10,13-14,21H,7-8,11-12H2,1-6H3/t14-/m0/s1. The minimum absolute atomic E-state index is 0.173. The van der Waals surface area contributed by atoms with Crippen molar-refractivity contribution < 1.29 is 0 Å². The molecule has 2 rings (SSSR count). The van der Waals surface area contributed by atoms with Crippen molar-refractivity contribution in [2.24, 2.45) is 0 Å². The average Bonchev–Trinajstić information content (AvgIpc) is 2.38. The molecule has 0 fully saturated rings. The van der Waals surface area contributed by atoms with Gasteiger partial charge in [0.15, 0.2) is 0 Å². The highest BCUT2D eigenvalue weighted by molar-refractivity contribution is 6.31. The second kappa shape index (κ2) is 6.80. The Morgan fingerprint density at radius 3 is 2.64 bits per heavy atom. The molecule has 0 amide bonds. The van der Waals surface area contributed by atoms with Gasteiger partial charge in [0.05, 0.1) is 0 Å². The summed E-state index contributed by atoms with van der Waals surface area (Å²) in [6, 6.07) is 4.99. The molecule has 0 aliphatic carbocycles. The predicted octanol–water partition coefficient (Wildman–Crippen LogP) is 5.34. The van der Waals surface area contributed by atoms with Gasteiger partial charge >= 0.3 is 0 Å². The van der Waals surface area contributed by atoms with Crippen LogP contribution >= 0.6 is 11.6 Å². The summed E-state index contributed by atoms with van der Waals surface area (Å²) < 4.78 is 0. The fourth-order valence-electron chi connectivity index (χ4n) is 4.03. The number of benzene rings is 1. The quantitative estimate of drug-likeness (QED) is 0.736. The number of halogens is 1. The molecule has 1 atom stereocenters. The maximum Gasteiger partial charge on any atom is 0.0471 e. The molecule has 1 aromatic carbocycles. The van der Waals surface area contributed by atoms with E-state index < -0.39 is 0 Å². The van der Waals surface area contributed by atoms with E-state index in [1.54, 1.807) is 0 Å². The van der Waals surface area contributed by atoms with Gasteiger partial charge in [-0.2, -0.15) is 0 Å². The van der Waals surface area contributed by atoms with Crippen LogP contribution in [0.25, 0.3) is 0 Å². The first kappa shape index (κ1) is 17.6. The van der Waals surface area contributed by atoms with Crippen molar-refractivity contribution in [1.82, 2.24) is 5.32 Å². The number of nitrogens with zero attached hydrogens (tertiary/aromatic N) is 1. The first-order valence-corrected chi connectivity index (χ1v) is 8.98. The van der Waals surface area contributed by atoms with Crippen LogP contribution in [0.15, 0.2) is 12.1 Å². The largest absolute Gasteiger partial charge is 0.364 e. The second-order valence-corrected chi connectivity index (χ2v) is 7.97. The predicted molar refractivity (Wildman–Crippen MR) is 98.2 cm³/mol. The molecule has 1 heterocycles. The minimum Gasteiger partial charge on any atom is -0.364 e. The smallest absolute Gasteiger partial charge is 0.0471 e. The highest BCUT2D eigenvalue weighted by atomic mass is 35.5. The first-order chi connectivity index (χ1) is 10.3. The molecule has 22 heavy (non-hydrogen) atoms. The molecule has 0 saturated carbocycles. The molecule has 3 heteroatoms. The molecule has 124 valence electrons. The lowest BCUT2D eigenvalue weighted by Crippen LogP contribution is -2.51. The summed E-state index contributed by atoms with van der Waals surface area (Å²) in [5, 5.41) is 4.35. The topological polar surface area (TPSA) is 15.3 Å². The first-order valence-electron chi connectivity index (χ1n) is 8.60. The van der Waals surface area contributed by atoms with Gasteiger partial charge in [-0.1, -0.05) is 31.5 Å². The van der Waals surface area contributed by atoms with Gasteiger partial charge in [-0.15, -0.1) is 0 Å². The van der Waals surface area contributed by atoms with Crippen LogP contribution in [-0.2, 0) is 6.54 Å². The second-order valence-electron chi connectivity index (χ2n) is 7.56. The third kappa shape index (κ3) is 3.44. The van der Waals surface area contributed by atoms with E-state index in [0.29, 0.717) is 12.0 Å². The van der Waals surface area contributed by atoms with Crippen LogP contribution < -0.4 is 10.2 Å². The van der Waals surface area contributed by atoms with Gasteiger partial charge in [0.25, 0.3) is 0 Å². The molecule has 0 unspecified atom stereocenters. The van der Waals surface area contributed by atoms with E-state index in [0.717, 1.165) is 24.5 Å². The minimum atomic E-state index is 0.173. The number of hydrogen-bond acceptors (Lipinski definition) is 2. The Labute approximate surface area is 141 Å². The highest BCUT2D eigenvalue weighted by Gasteiger charge is 2.38. The zero-order valence-corrected chi connectivity index (χ0v) is 15.7. The Morgan fingerprint density at radius 1 is 1.36 bits per heavy atom. The van der Waals surface area contributed by atoms with E-state index >= 15 is 0 Å². The Kier molecular flexibility index (Phi) is 5.45. The zero-order chi connectivity index (χ0) is 16.5. The lowest BCUT2D eigenvalue weighted by molar-refractivity contribution is 0.356. The summed E-state index contributed by atoms with van der Waals surface area (Å²) in [6.07, 6.45) is 2.33. The molecule has 0 spiro atoms. The summed E-state index contributed by atoms with van der Waals surface area (Å²) in [5.74, 6) is 0.571. The van der Waals surface area contributed by atoms with Crippen molar-refractivity contribution in [2.45, 2.75) is 78.4 Å². The van der Waals surface area contributed by atoms with Gasteiger partial charge in [0.1, 0.15) is 0 Å².